The van der Waals surface area contributed by atoms with E-state index in [0.29, 0.717) is 42.3 Å². The molecule has 6 heteroatoms. The molecule has 20 heavy (non-hydrogen) atoms. The Morgan fingerprint density at radius 1 is 1.50 bits per heavy atom. The van der Waals surface area contributed by atoms with E-state index < -0.39 is 12.1 Å². The Kier molecular flexibility index (Phi) is 4.73. The second-order valence-corrected chi connectivity index (χ2v) is 4.81. The van der Waals surface area contributed by atoms with Crippen molar-refractivity contribution in [2.75, 3.05) is 20.3 Å². The van der Waals surface area contributed by atoms with Gasteiger partial charge in [-0.1, -0.05) is 18.5 Å². The topological polar surface area (TPSA) is 65.0 Å². The lowest BCUT2D eigenvalue weighted by Crippen LogP contribution is -2.16. The fourth-order valence-electron chi connectivity index (χ4n) is 2.23. The molecule has 1 aromatic carbocycles. The van der Waals surface area contributed by atoms with Gasteiger partial charge < -0.3 is 19.3 Å². The summed E-state index contributed by atoms with van der Waals surface area (Å²) < 4.78 is 15.8. The molecule has 1 unspecified atom stereocenters. The largest absolute Gasteiger partial charge is 0.489 e. The van der Waals surface area contributed by atoms with Gasteiger partial charge in [-0.05, 0) is 6.42 Å². The number of aliphatic hydroxyl groups is 1. The van der Waals surface area contributed by atoms with Crippen molar-refractivity contribution in [1.29, 1.82) is 0 Å². The second kappa shape index (κ2) is 6.33. The highest BCUT2D eigenvalue weighted by Crippen LogP contribution is 2.42. The smallest absolute Gasteiger partial charge is 0.339 e. The standard InChI is InChI=1S/C14H17ClO5/c1-3-8-11(12(16)14(17)18-2)9(15)7-10-13(8)20-6-4-5-19-10/h7,12,16H,3-6H2,1-2H3. The molecule has 2 rings (SSSR count). The maximum atomic E-state index is 11.6. The highest BCUT2D eigenvalue weighted by atomic mass is 35.5. The third-order valence-electron chi connectivity index (χ3n) is 3.18. The summed E-state index contributed by atoms with van der Waals surface area (Å²) in [4.78, 5) is 11.6. The summed E-state index contributed by atoms with van der Waals surface area (Å²) in [5.74, 6) is 0.341. The molecule has 0 radical (unpaired) electrons. The number of ether oxygens (including phenoxy) is 3. The molecule has 1 aliphatic heterocycles. The van der Waals surface area contributed by atoms with Gasteiger partial charge in [0.2, 0.25) is 0 Å². The van der Waals surface area contributed by atoms with Crippen molar-refractivity contribution in [2.45, 2.75) is 25.9 Å². The van der Waals surface area contributed by atoms with E-state index in [2.05, 4.69) is 4.74 Å². The maximum absolute atomic E-state index is 11.6. The molecular weight excluding hydrogens is 284 g/mol. The van der Waals surface area contributed by atoms with E-state index in [-0.39, 0.29) is 5.02 Å². The van der Waals surface area contributed by atoms with Gasteiger partial charge in [0, 0.05) is 23.6 Å². The minimum atomic E-state index is -1.43. The number of fused-ring (bicyclic) bond motifs is 1. The van der Waals surface area contributed by atoms with E-state index in [9.17, 15) is 9.90 Å². The minimum absolute atomic E-state index is 0.268. The fraction of sp³-hybridized carbons (Fsp3) is 0.500. The predicted molar refractivity (Wildman–Crippen MR) is 73.4 cm³/mol. The van der Waals surface area contributed by atoms with Crippen molar-refractivity contribution in [3.05, 3.63) is 22.2 Å². The highest BCUT2D eigenvalue weighted by Gasteiger charge is 2.28. The number of hydrogen-bond donors (Lipinski definition) is 1. The Morgan fingerprint density at radius 2 is 2.20 bits per heavy atom. The van der Waals surface area contributed by atoms with Gasteiger partial charge in [0.1, 0.15) is 0 Å². The van der Waals surface area contributed by atoms with Gasteiger partial charge in [-0.2, -0.15) is 0 Å². The van der Waals surface area contributed by atoms with E-state index in [0.717, 1.165) is 6.42 Å². The Balaban J connectivity index is 2.56. The summed E-state index contributed by atoms with van der Waals surface area (Å²) in [7, 11) is 1.22. The van der Waals surface area contributed by atoms with Crippen LogP contribution in [0, 0.1) is 0 Å². The summed E-state index contributed by atoms with van der Waals surface area (Å²) in [5.41, 5.74) is 0.998. The van der Waals surface area contributed by atoms with Crippen LogP contribution in [0.1, 0.15) is 30.6 Å². The van der Waals surface area contributed by atoms with Crippen LogP contribution in [0.15, 0.2) is 6.07 Å². The molecule has 1 heterocycles. The van der Waals surface area contributed by atoms with Crippen LogP contribution in [0.4, 0.5) is 0 Å². The van der Waals surface area contributed by atoms with Gasteiger partial charge in [0.25, 0.3) is 0 Å². The number of methoxy groups -OCH3 is 1. The molecule has 0 fully saturated rings. The van der Waals surface area contributed by atoms with Crippen LogP contribution in [0.5, 0.6) is 11.5 Å². The van der Waals surface area contributed by atoms with Crippen molar-refractivity contribution in [3.8, 4) is 11.5 Å². The van der Waals surface area contributed by atoms with Crippen molar-refractivity contribution in [2.24, 2.45) is 0 Å². The zero-order chi connectivity index (χ0) is 14.7. The molecule has 0 saturated heterocycles. The molecule has 0 bridgehead atoms. The zero-order valence-electron chi connectivity index (χ0n) is 11.4. The summed E-state index contributed by atoms with van der Waals surface area (Å²) in [5, 5.41) is 10.4. The van der Waals surface area contributed by atoms with Crippen LogP contribution in [-0.2, 0) is 16.0 Å². The average Bonchev–Trinajstić information content (AvgIpc) is 2.69. The Hall–Kier alpha value is -1.46. The lowest BCUT2D eigenvalue weighted by atomic mass is 9.98. The summed E-state index contributed by atoms with van der Waals surface area (Å²) >= 11 is 6.19. The summed E-state index contributed by atoms with van der Waals surface area (Å²) in [6, 6.07) is 1.57. The molecule has 5 nitrogen and oxygen atoms in total. The molecule has 0 saturated carbocycles. The van der Waals surface area contributed by atoms with Crippen molar-refractivity contribution in [3.63, 3.8) is 0 Å². The molecule has 1 aromatic rings. The number of carbonyl (C=O) groups is 1. The number of hydrogen-bond acceptors (Lipinski definition) is 5. The molecule has 1 aliphatic rings. The van der Waals surface area contributed by atoms with Gasteiger partial charge in [0.15, 0.2) is 17.6 Å². The van der Waals surface area contributed by atoms with Gasteiger partial charge >= 0.3 is 5.97 Å². The van der Waals surface area contributed by atoms with E-state index in [1.54, 1.807) is 6.07 Å². The zero-order valence-corrected chi connectivity index (χ0v) is 12.2. The molecule has 1 atom stereocenters. The minimum Gasteiger partial charge on any atom is -0.489 e. The predicted octanol–water partition coefficient (Wildman–Crippen LogP) is 2.27. The summed E-state index contributed by atoms with van der Waals surface area (Å²) in [6.07, 6.45) is -0.111. The van der Waals surface area contributed by atoms with Gasteiger partial charge in [-0.3, -0.25) is 0 Å². The molecule has 0 spiro atoms. The van der Waals surface area contributed by atoms with Crippen LogP contribution in [0.25, 0.3) is 0 Å². The Morgan fingerprint density at radius 3 is 2.85 bits per heavy atom. The normalized spacial score (nSPS) is 15.4. The van der Waals surface area contributed by atoms with Crippen LogP contribution >= 0.6 is 11.6 Å². The van der Waals surface area contributed by atoms with Crippen LogP contribution in [0.2, 0.25) is 5.02 Å². The fourth-order valence-corrected chi connectivity index (χ4v) is 2.55. The summed E-state index contributed by atoms with van der Waals surface area (Å²) in [6.45, 7) is 2.97. The molecule has 0 aliphatic carbocycles. The molecular formula is C14H17ClO5. The highest BCUT2D eigenvalue weighted by molar-refractivity contribution is 6.32. The third-order valence-corrected chi connectivity index (χ3v) is 3.49. The van der Waals surface area contributed by atoms with Crippen LogP contribution < -0.4 is 9.47 Å². The van der Waals surface area contributed by atoms with E-state index in [1.807, 2.05) is 6.92 Å². The lowest BCUT2D eigenvalue weighted by Gasteiger charge is -2.19. The molecule has 110 valence electrons. The number of benzene rings is 1. The van der Waals surface area contributed by atoms with Crippen molar-refractivity contribution >= 4 is 17.6 Å². The van der Waals surface area contributed by atoms with Crippen LogP contribution in [-0.4, -0.2) is 31.4 Å². The SMILES string of the molecule is CCc1c2c(cc(Cl)c1C(O)C(=O)OC)OCCCO2. The van der Waals surface area contributed by atoms with Crippen molar-refractivity contribution in [1.82, 2.24) is 0 Å². The van der Waals surface area contributed by atoms with E-state index >= 15 is 0 Å². The number of carbonyl (C=O) groups excluding carboxylic acids is 1. The molecule has 1 N–H and O–H groups in total. The molecule has 0 amide bonds. The quantitative estimate of drug-likeness (QED) is 0.868. The van der Waals surface area contributed by atoms with Crippen LogP contribution in [0.3, 0.4) is 0 Å². The van der Waals surface area contributed by atoms with Gasteiger partial charge in [-0.15, -0.1) is 0 Å². The first-order valence-electron chi connectivity index (χ1n) is 6.46. The van der Waals surface area contributed by atoms with Gasteiger partial charge in [-0.25, -0.2) is 4.79 Å². The number of halogens is 1. The van der Waals surface area contributed by atoms with Gasteiger partial charge in [0.05, 0.1) is 25.3 Å². The maximum Gasteiger partial charge on any atom is 0.339 e. The number of esters is 1. The number of aliphatic hydroxyl groups excluding tert-OH is 1. The Bertz CT molecular complexity index is 515. The van der Waals surface area contributed by atoms with Crippen molar-refractivity contribution < 1.29 is 24.1 Å². The molecule has 0 aromatic heterocycles. The first-order chi connectivity index (χ1) is 9.60. The van der Waals surface area contributed by atoms with E-state index in [4.69, 9.17) is 21.1 Å². The monoisotopic (exact) mass is 300 g/mol. The van der Waals surface area contributed by atoms with E-state index in [1.165, 1.54) is 7.11 Å². The first kappa shape index (κ1) is 14.9. The number of rotatable bonds is 3. The Labute approximate surface area is 122 Å². The second-order valence-electron chi connectivity index (χ2n) is 4.41. The average molecular weight is 301 g/mol. The third kappa shape index (κ3) is 2.69. The first-order valence-corrected chi connectivity index (χ1v) is 6.84. The lowest BCUT2D eigenvalue weighted by molar-refractivity contribution is -0.150.